The van der Waals surface area contributed by atoms with Crippen molar-refractivity contribution >= 4 is 23.5 Å². The van der Waals surface area contributed by atoms with Gasteiger partial charge in [-0.15, -0.1) is 0 Å². The van der Waals surface area contributed by atoms with Crippen LogP contribution in [-0.2, 0) is 14.3 Å². The predicted molar refractivity (Wildman–Crippen MR) is 76.8 cm³/mol. The number of ether oxygens (including phenoxy) is 1. The molecule has 21 heavy (non-hydrogen) atoms. The molecule has 0 unspecified atom stereocenters. The normalized spacial score (nSPS) is 13.9. The maximum absolute atomic E-state index is 11.9. The minimum atomic E-state index is -0.531. The fourth-order valence-electron chi connectivity index (χ4n) is 2.29. The van der Waals surface area contributed by atoms with Crippen molar-refractivity contribution in [3.63, 3.8) is 0 Å². The molecule has 1 N–H and O–H groups in total. The van der Waals surface area contributed by atoms with Gasteiger partial charge in [0.25, 0.3) is 0 Å². The van der Waals surface area contributed by atoms with E-state index in [9.17, 15) is 14.4 Å². The Bertz CT molecular complexity index is 550. The van der Waals surface area contributed by atoms with Gasteiger partial charge in [0.1, 0.15) is 6.42 Å². The molecule has 0 radical (unpaired) electrons. The summed E-state index contributed by atoms with van der Waals surface area (Å²) in [5.41, 5.74) is 0.616. The summed E-state index contributed by atoms with van der Waals surface area (Å²) in [5, 5.41) is 2.59. The number of nitrogens with one attached hydrogen (secondary N) is 1. The highest BCUT2D eigenvalue weighted by molar-refractivity contribution is 6.06. The zero-order valence-electron chi connectivity index (χ0n) is 11.9. The summed E-state index contributed by atoms with van der Waals surface area (Å²) in [6.45, 7) is 1.43. The summed E-state index contributed by atoms with van der Waals surface area (Å²) < 4.78 is 4.66. The Hall–Kier alpha value is -2.37. The third-order valence-corrected chi connectivity index (χ3v) is 3.38. The summed E-state index contributed by atoms with van der Waals surface area (Å²) in [4.78, 5) is 37.1. The lowest BCUT2D eigenvalue weighted by atomic mass is 10.1. The first-order chi connectivity index (χ1) is 10.1. The number of carbonyl (C=O) groups is 3. The first kappa shape index (κ1) is 15.0. The predicted octanol–water partition coefficient (Wildman–Crippen LogP) is 1.42. The Labute approximate surface area is 123 Å². The molecule has 0 saturated carbocycles. The summed E-state index contributed by atoms with van der Waals surface area (Å²) >= 11 is 0. The molecule has 2 rings (SSSR count). The van der Waals surface area contributed by atoms with Crippen LogP contribution in [-0.4, -0.2) is 42.9 Å². The summed E-state index contributed by atoms with van der Waals surface area (Å²) in [6.07, 6.45) is 1.76. The molecule has 6 nitrogen and oxygen atoms in total. The van der Waals surface area contributed by atoms with Crippen molar-refractivity contribution in [2.75, 3.05) is 25.5 Å². The first-order valence-corrected chi connectivity index (χ1v) is 6.87. The molecular formula is C15H18N2O4. The van der Waals surface area contributed by atoms with Crippen LogP contribution in [0, 0.1) is 0 Å². The van der Waals surface area contributed by atoms with Crippen molar-refractivity contribution in [1.82, 2.24) is 4.90 Å². The van der Waals surface area contributed by atoms with Gasteiger partial charge >= 0.3 is 5.97 Å². The Balaban J connectivity index is 1.99. The van der Waals surface area contributed by atoms with Crippen LogP contribution in [0.25, 0.3) is 0 Å². The van der Waals surface area contributed by atoms with E-state index in [2.05, 4.69) is 10.1 Å². The first-order valence-electron chi connectivity index (χ1n) is 6.87. The number of hydrogen-bond acceptors (Lipinski definition) is 4. The molecule has 1 aromatic rings. The fourth-order valence-corrected chi connectivity index (χ4v) is 2.29. The minimum Gasteiger partial charge on any atom is -0.465 e. The zero-order chi connectivity index (χ0) is 15.2. The number of benzene rings is 1. The van der Waals surface area contributed by atoms with Gasteiger partial charge in [0, 0.05) is 13.1 Å². The minimum absolute atomic E-state index is 0.180. The van der Waals surface area contributed by atoms with E-state index in [1.54, 1.807) is 29.2 Å². The molecule has 0 aliphatic carbocycles. The maximum Gasteiger partial charge on any atom is 0.339 e. The number of amides is 2. The highest BCUT2D eigenvalue weighted by Crippen LogP contribution is 2.16. The molecule has 1 fully saturated rings. The van der Waals surface area contributed by atoms with Crippen molar-refractivity contribution in [1.29, 1.82) is 0 Å². The summed E-state index contributed by atoms with van der Waals surface area (Å²) in [7, 11) is 1.28. The SMILES string of the molecule is COC(=O)c1ccccc1NC(=O)CC(=O)N1CCCC1. The number of likely N-dealkylation sites (tertiary alicyclic amines) is 1. The van der Waals surface area contributed by atoms with Crippen LogP contribution in [0.3, 0.4) is 0 Å². The number of methoxy groups -OCH3 is 1. The number of hydrogen-bond donors (Lipinski definition) is 1. The highest BCUT2D eigenvalue weighted by atomic mass is 16.5. The molecule has 112 valence electrons. The fraction of sp³-hybridized carbons (Fsp3) is 0.400. The van der Waals surface area contributed by atoms with Gasteiger partial charge < -0.3 is 15.0 Å². The van der Waals surface area contributed by atoms with Gasteiger partial charge in [-0.3, -0.25) is 9.59 Å². The molecule has 0 bridgehead atoms. The van der Waals surface area contributed by atoms with E-state index in [1.165, 1.54) is 7.11 Å². The lowest BCUT2D eigenvalue weighted by Crippen LogP contribution is -2.31. The Morgan fingerprint density at radius 3 is 2.52 bits per heavy atom. The standard InChI is InChI=1S/C15H18N2O4/c1-21-15(20)11-6-2-3-7-12(11)16-13(18)10-14(19)17-8-4-5-9-17/h2-3,6-7H,4-5,8-10H2,1H3,(H,16,18). The lowest BCUT2D eigenvalue weighted by Gasteiger charge is -2.15. The Morgan fingerprint density at radius 1 is 1.19 bits per heavy atom. The van der Waals surface area contributed by atoms with Gasteiger partial charge in [-0.2, -0.15) is 0 Å². The quantitative estimate of drug-likeness (QED) is 0.672. The van der Waals surface area contributed by atoms with Crippen LogP contribution < -0.4 is 5.32 Å². The number of rotatable bonds is 4. The molecule has 1 aromatic carbocycles. The van der Waals surface area contributed by atoms with Gasteiger partial charge in [0.05, 0.1) is 18.4 Å². The zero-order valence-corrected chi connectivity index (χ0v) is 11.9. The van der Waals surface area contributed by atoms with Crippen LogP contribution in [0.4, 0.5) is 5.69 Å². The van der Waals surface area contributed by atoms with E-state index in [-0.39, 0.29) is 17.9 Å². The van der Waals surface area contributed by atoms with Gasteiger partial charge in [-0.05, 0) is 25.0 Å². The van der Waals surface area contributed by atoms with E-state index < -0.39 is 11.9 Å². The molecule has 2 amide bonds. The van der Waals surface area contributed by atoms with E-state index in [0.717, 1.165) is 12.8 Å². The molecule has 0 aromatic heterocycles. The molecular weight excluding hydrogens is 272 g/mol. The van der Waals surface area contributed by atoms with Crippen molar-refractivity contribution in [2.24, 2.45) is 0 Å². The molecule has 0 spiro atoms. The average molecular weight is 290 g/mol. The van der Waals surface area contributed by atoms with Crippen LogP contribution >= 0.6 is 0 Å². The number of carbonyl (C=O) groups excluding carboxylic acids is 3. The smallest absolute Gasteiger partial charge is 0.339 e. The van der Waals surface area contributed by atoms with E-state index in [0.29, 0.717) is 18.8 Å². The highest BCUT2D eigenvalue weighted by Gasteiger charge is 2.21. The third-order valence-electron chi connectivity index (χ3n) is 3.38. The van der Waals surface area contributed by atoms with Gasteiger partial charge in [0.2, 0.25) is 11.8 Å². The summed E-state index contributed by atoms with van der Waals surface area (Å²) in [6, 6.07) is 6.54. The van der Waals surface area contributed by atoms with Crippen LogP contribution in [0.2, 0.25) is 0 Å². The van der Waals surface area contributed by atoms with Crippen molar-refractivity contribution in [3.8, 4) is 0 Å². The van der Waals surface area contributed by atoms with Crippen LogP contribution in [0.5, 0.6) is 0 Å². The topological polar surface area (TPSA) is 75.7 Å². The molecule has 0 atom stereocenters. The number of nitrogens with zero attached hydrogens (tertiary/aromatic N) is 1. The summed E-state index contributed by atoms with van der Waals surface area (Å²) in [5.74, 6) is -1.14. The van der Waals surface area contributed by atoms with Crippen LogP contribution in [0.1, 0.15) is 29.6 Å². The second-order valence-corrected chi connectivity index (χ2v) is 4.85. The van der Waals surface area contributed by atoms with E-state index in [4.69, 9.17) is 0 Å². The number of esters is 1. The Kier molecular flexibility index (Phi) is 4.92. The monoisotopic (exact) mass is 290 g/mol. The van der Waals surface area contributed by atoms with Gasteiger partial charge in [-0.25, -0.2) is 4.79 Å². The molecule has 1 aliphatic rings. The average Bonchev–Trinajstić information content (AvgIpc) is 3.01. The van der Waals surface area contributed by atoms with Gasteiger partial charge in [-0.1, -0.05) is 12.1 Å². The molecule has 1 saturated heterocycles. The van der Waals surface area contributed by atoms with Crippen molar-refractivity contribution in [3.05, 3.63) is 29.8 Å². The van der Waals surface area contributed by atoms with Crippen molar-refractivity contribution < 1.29 is 19.1 Å². The van der Waals surface area contributed by atoms with E-state index >= 15 is 0 Å². The number of anilines is 1. The Morgan fingerprint density at radius 2 is 1.86 bits per heavy atom. The molecule has 1 aliphatic heterocycles. The lowest BCUT2D eigenvalue weighted by molar-refractivity contribution is -0.133. The second kappa shape index (κ2) is 6.88. The third kappa shape index (κ3) is 3.81. The van der Waals surface area contributed by atoms with Crippen molar-refractivity contribution in [2.45, 2.75) is 19.3 Å². The van der Waals surface area contributed by atoms with Crippen LogP contribution in [0.15, 0.2) is 24.3 Å². The second-order valence-electron chi connectivity index (χ2n) is 4.85. The van der Waals surface area contributed by atoms with E-state index in [1.807, 2.05) is 0 Å². The van der Waals surface area contributed by atoms with Gasteiger partial charge in [0.15, 0.2) is 0 Å². The molecule has 1 heterocycles. The number of para-hydroxylation sites is 1. The molecule has 6 heteroatoms. The maximum atomic E-state index is 11.9. The largest absolute Gasteiger partial charge is 0.465 e.